The van der Waals surface area contributed by atoms with Crippen LogP contribution in [0.2, 0.25) is 5.02 Å². The first-order chi connectivity index (χ1) is 7.15. The summed E-state index contributed by atoms with van der Waals surface area (Å²) in [6.45, 7) is 3.87. The Kier molecular flexibility index (Phi) is 5.09. The molecule has 0 aliphatic carbocycles. The van der Waals surface area contributed by atoms with E-state index in [0.717, 1.165) is 18.2 Å². The van der Waals surface area contributed by atoms with E-state index in [1.807, 2.05) is 12.1 Å². The zero-order chi connectivity index (χ0) is 11.3. The molecule has 3 heteroatoms. The third-order valence-electron chi connectivity index (χ3n) is 2.66. The lowest BCUT2D eigenvalue weighted by Gasteiger charge is -2.24. The van der Waals surface area contributed by atoms with Crippen LogP contribution in [-0.2, 0) is 4.74 Å². The van der Waals surface area contributed by atoms with Gasteiger partial charge in [0.2, 0.25) is 0 Å². The fourth-order valence-corrected chi connectivity index (χ4v) is 1.55. The average molecular weight is 228 g/mol. The van der Waals surface area contributed by atoms with E-state index in [9.17, 15) is 0 Å². The lowest BCUT2D eigenvalue weighted by Crippen LogP contribution is -2.26. The van der Waals surface area contributed by atoms with Crippen molar-refractivity contribution in [3.05, 3.63) is 34.9 Å². The van der Waals surface area contributed by atoms with E-state index in [1.165, 1.54) is 5.56 Å². The van der Waals surface area contributed by atoms with Crippen LogP contribution in [0, 0.1) is 0 Å². The second-order valence-electron chi connectivity index (χ2n) is 3.70. The summed E-state index contributed by atoms with van der Waals surface area (Å²) in [5.41, 5.74) is 1.28. The van der Waals surface area contributed by atoms with Gasteiger partial charge < -0.3 is 4.74 Å². The van der Waals surface area contributed by atoms with Crippen molar-refractivity contribution in [2.75, 3.05) is 27.3 Å². The molecular formula is C12H18ClNO. The first-order valence-corrected chi connectivity index (χ1v) is 5.47. The Labute approximate surface area is 96.8 Å². The predicted molar refractivity (Wildman–Crippen MR) is 64.4 cm³/mol. The first-order valence-electron chi connectivity index (χ1n) is 5.09. The molecule has 0 aliphatic rings. The molecule has 0 N–H and O–H groups in total. The first kappa shape index (κ1) is 12.5. The SMILES string of the molecule is COCCN(C)C(C)c1ccc(Cl)cc1. The maximum absolute atomic E-state index is 5.85. The van der Waals surface area contributed by atoms with Gasteiger partial charge in [0, 0.05) is 24.7 Å². The Morgan fingerprint density at radius 2 is 1.93 bits per heavy atom. The molecule has 1 unspecified atom stereocenters. The summed E-state index contributed by atoms with van der Waals surface area (Å²) < 4.78 is 5.05. The average Bonchev–Trinajstić information content (AvgIpc) is 2.26. The number of hydrogen-bond donors (Lipinski definition) is 0. The van der Waals surface area contributed by atoms with E-state index in [2.05, 4.69) is 31.0 Å². The Bertz CT molecular complexity index is 286. The highest BCUT2D eigenvalue weighted by Gasteiger charge is 2.10. The van der Waals surface area contributed by atoms with Crippen LogP contribution in [0.1, 0.15) is 18.5 Å². The van der Waals surface area contributed by atoms with Crippen molar-refractivity contribution in [2.45, 2.75) is 13.0 Å². The quantitative estimate of drug-likeness (QED) is 0.767. The molecule has 0 spiro atoms. The van der Waals surface area contributed by atoms with Crippen LogP contribution in [0.15, 0.2) is 24.3 Å². The summed E-state index contributed by atoms with van der Waals surface area (Å²) >= 11 is 5.85. The van der Waals surface area contributed by atoms with Crippen LogP contribution in [0.5, 0.6) is 0 Å². The van der Waals surface area contributed by atoms with Crippen LogP contribution in [0.3, 0.4) is 0 Å². The van der Waals surface area contributed by atoms with Gasteiger partial charge in [0.05, 0.1) is 6.61 Å². The molecule has 0 heterocycles. The smallest absolute Gasteiger partial charge is 0.0589 e. The van der Waals surface area contributed by atoms with Gasteiger partial charge >= 0.3 is 0 Å². The molecule has 1 aromatic carbocycles. The Hall–Kier alpha value is -0.570. The van der Waals surface area contributed by atoms with E-state index >= 15 is 0 Å². The van der Waals surface area contributed by atoms with Gasteiger partial charge in [0.25, 0.3) is 0 Å². The number of benzene rings is 1. The van der Waals surface area contributed by atoms with E-state index < -0.39 is 0 Å². The van der Waals surface area contributed by atoms with Gasteiger partial charge in [-0.2, -0.15) is 0 Å². The third kappa shape index (κ3) is 3.82. The molecule has 0 fully saturated rings. The number of ether oxygens (including phenoxy) is 1. The number of methoxy groups -OCH3 is 1. The largest absolute Gasteiger partial charge is 0.383 e. The standard InChI is InChI=1S/C12H18ClNO/c1-10(14(2)8-9-15-3)11-4-6-12(13)7-5-11/h4-7,10H,8-9H2,1-3H3. The van der Waals surface area contributed by atoms with Crippen molar-refractivity contribution in [2.24, 2.45) is 0 Å². The van der Waals surface area contributed by atoms with Crippen LogP contribution in [0.25, 0.3) is 0 Å². The zero-order valence-electron chi connectivity index (χ0n) is 9.53. The molecule has 0 bridgehead atoms. The molecule has 84 valence electrons. The zero-order valence-corrected chi connectivity index (χ0v) is 10.3. The molecule has 0 saturated carbocycles. The summed E-state index contributed by atoms with van der Waals surface area (Å²) in [6.07, 6.45) is 0. The summed E-state index contributed by atoms with van der Waals surface area (Å²) in [6, 6.07) is 8.37. The Morgan fingerprint density at radius 3 is 2.47 bits per heavy atom. The highest BCUT2D eigenvalue weighted by Crippen LogP contribution is 2.20. The number of nitrogens with zero attached hydrogens (tertiary/aromatic N) is 1. The summed E-state index contributed by atoms with van der Waals surface area (Å²) in [4.78, 5) is 2.26. The number of rotatable bonds is 5. The van der Waals surface area contributed by atoms with Crippen molar-refractivity contribution >= 4 is 11.6 Å². The Morgan fingerprint density at radius 1 is 1.33 bits per heavy atom. The van der Waals surface area contributed by atoms with Crippen molar-refractivity contribution in [1.29, 1.82) is 0 Å². The third-order valence-corrected chi connectivity index (χ3v) is 2.91. The number of likely N-dealkylation sites (N-methyl/N-ethyl adjacent to an activating group) is 1. The lowest BCUT2D eigenvalue weighted by molar-refractivity contribution is 0.143. The highest BCUT2D eigenvalue weighted by molar-refractivity contribution is 6.30. The van der Waals surface area contributed by atoms with Gasteiger partial charge in [-0.1, -0.05) is 23.7 Å². The van der Waals surface area contributed by atoms with Crippen LogP contribution >= 0.6 is 11.6 Å². The van der Waals surface area contributed by atoms with Gasteiger partial charge in [-0.3, -0.25) is 4.90 Å². The Balaban J connectivity index is 2.59. The van der Waals surface area contributed by atoms with Gasteiger partial charge in [0.1, 0.15) is 0 Å². The fraction of sp³-hybridized carbons (Fsp3) is 0.500. The predicted octanol–water partition coefficient (Wildman–Crippen LogP) is 2.98. The summed E-state index contributed by atoms with van der Waals surface area (Å²) in [5.74, 6) is 0. The van der Waals surface area contributed by atoms with Gasteiger partial charge in [-0.15, -0.1) is 0 Å². The second-order valence-corrected chi connectivity index (χ2v) is 4.14. The minimum Gasteiger partial charge on any atom is -0.383 e. The maximum atomic E-state index is 5.85. The lowest BCUT2D eigenvalue weighted by atomic mass is 10.1. The van der Waals surface area contributed by atoms with Crippen molar-refractivity contribution in [3.8, 4) is 0 Å². The molecule has 1 rings (SSSR count). The summed E-state index contributed by atoms with van der Waals surface area (Å²) in [7, 11) is 3.82. The van der Waals surface area contributed by atoms with Crippen LogP contribution < -0.4 is 0 Å². The highest BCUT2D eigenvalue weighted by atomic mass is 35.5. The topological polar surface area (TPSA) is 12.5 Å². The maximum Gasteiger partial charge on any atom is 0.0589 e. The molecule has 0 aromatic heterocycles. The molecule has 1 atom stereocenters. The second kappa shape index (κ2) is 6.11. The van der Waals surface area contributed by atoms with E-state index in [4.69, 9.17) is 16.3 Å². The van der Waals surface area contributed by atoms with Crippen LogP contribution in [-0.4, -0.2) is 32.2 Å². The van der Waals surface area contributed by atoms with Crippen LogP contribution in [0.4, 0.5) is 0 Å². The minimum absolute atomic E-state index is 0.386. The summed E-state index contributed by atoms with van der Waals surface area (Å²) in [5, 5.41) is 0.783. The number of halogens is 1. The molecular weight excluding hydrogens is 210 g/mol. The van der Waals surface area contributed by atoms with Crippen molar-refractivity contribution < 1.29 is 4.74 Å². The normalized spacial score (nSPS) is 13.1. The monoisotopic (exact) mass is 227 g/mol. The van der Waals surface area contributed by atoms with E-state index in [0.29, 0.717) is 6.04 Å². The number of hydrogen-bond acceptors (Lipinski definition) is 2. The van der Waals surface area contributed by atoms with Crippen molar-refractivity contribution in [1.82, 2.24) is 4.90 Å². The molecule has 0 saturated heterocycles. The molecule has 15 heavy (non-hydrogen) atoms. The van der Waals surface area contributed by atoms with E-state index in [-0.39, 0.29) is 0 Å². The van der Waals surface area contributed by atoms with Gasteiger partial charge in [-0.25, -0.2) is 0 Å². The fourth-order valence-electron chi connectivity index (χ4n) is 1.42. The van der Waals surface area contributed by atoms with Gasteiger partial charge in [-0.05, 0) is 31.7 Å². The molecule has 2 nitrogen and oxygen atoms in total. The van der Waals surface area contributed by atoms with Crippen molar-refractivity contribution in [3.63, 3.8) is 0 Å². The molecule has 0 radical (unpaired) electrons. The molecule has 0 aliphatic heterocycles. The van der Waals surface area contributed by atoms with Gasteiger partial charge in [0.15, 0.2) is 0 Å². The molecule has 1 aromatic rings. The van der Waals surface area contributed by atoms with E-state index in [1.54, 1.807) is 7.11 Å². The minimum atomic E-state index is 0.386. The molecule has 0 amide bonds.